The molecule has 0 saturated carbocycles. The van der Waals surface area contributed by atoms with Gasteiger partial charge >= 0.3 is 0 Å². The average Bonchev–Trinajstić information content (AvgIpc) is 2.96. The Balaban J connectivity index is 2.14. The third kappa shape index (κ3) is 3.64. The van der Waals surface area contributed by atoms with Crippen LogP contribution in [-0.2, 0) is 20.7 Å². The maximum Gasteiger partial charge on any atom is 0.295 e. The van der Waals surface area contributed by atoms with Gasteiger partial charge in [-0.1, -0.05) is 43.3 Å². The number of amides is 1. The van der Waals surface area contributed by atoms with E-state index in [4.69, 9.17) is 4.74 Å². The molecular weight excluding hydrogens is 358 g/mol. The van der Waals surface area contributed by atoms with Crippen molar-refractivity contribution in [1.29, 1.82) is 0 Å². The highest BCUT2D eigenvalue weighted by molar-refractivity contribution is 6.46. The van der Waals surface area contributed by atoms with Crippen LogP contribution in [0.15, 0.2) is 54.1 Å². The summed E-state index contributed by atoms with van der Waals surface area (Å²) in [6, 6.07) is 12.8. The summed E-state index contributed by atoms with van der Waals surface area (Å²) in [4.78, 5) is 26.8. The number of methoxy groups -OCH3 is 1. The van der Waals surface area contributed by atoms with Crippen LogP contribution in [0.2, 0.25) is 0 Å². The molecule has 2 N–H and O–H groups in total. The SMILES string of the molecule is CCc1ccc(/C(O)=C2/C(=O)C(=O)N(CCOC)C2c2cccc(O)c2)cc1. The first-order chi connectivity index (χ1) is 13.5. The lowest BCUT2D eigenvalue weighted by atomic mass is 9.95. The van der Waals surface area contributed by atoms with Crippen LogP contribution < -0.4 is 0 Å². The second-order valence-electron chi connectivity index (χ2n) is 6.63. The second-order valence-corrected chi connectivity index (χ2v) is 6.63. The number of benzene rings is 2. The van der Waals surface area contributed by atoms with E-state index in [1.54, 1.807) is 24.3 Å². The van der Waals surface area contributed by atoms with Gasteiger partial charge in [-0.05, 0) is 29.7 Å². The van der Waals surface area contributed by atoms with Gasteiger partial charge in [-0.2, -0.15) is 0 Å². The standard InChI is InChI=1S/C22H23NO5/c1-3-14-7-9-15(10-8-14)20(25)18-19(16-5-4-6-17(24)13-16)23(11-12-28-2)22(27)21(18)26/h4-10,13,19,24-25H,3,11-12H2,1-2H3/b20-18-. The molecule has 1 heterocycles. The Bertz CT molecular complexity index is 917. The number of phenols is 1. The summed E-state index contributed by atoms with van der Waals surface area (Å²) in [6.07, 6.45) is 0.853. The predicted molar refractivity (Wildman–Crippen MR) is 105 cm³/mol. The predicted octanol–water partition coefficient (Wildman–Crippen LogP) is 3.02. The highest BCUT2D eigenvalue weighted by Crippen LogP contribution is 2.39. The van der Waals surface area contributed by atoms with Crippen molar-refractivity contribution in [2.24, 2.45) is 0 Å². The van der Waals surface area contributed by atoms with Gasteiger partial charge in [0.2, 0.25) is 0 Å². The number of Topliss-reactive ketones (excluding diaryl/α,β-unsaturated/α-hetero) is 1. The van der Waals surface area contributed by atoms with Crippen molar-refractivity contribution in [3.63, 3.8) is 0 Å². The Morgan fingerprint density at radius 1 is 1.14 bits per heavy atom. The van der Waals surface area contributed by atoms with Gasteiger partial charge in [-0.25, -0.2) is 0 Å². The van der Waals surface area contributed by atoms with E-state index in [-0.39, 0.29) is 30.2 Å². The van der Waals surface area contributed by atoms with Crippen LogP contribution in [0.25, 0.3) is 5.76 Å². The lowest BCUT2D eigenvalue weighted by Crippen LogP contribution is -2.32. The van der Waals surface area contributed by atoms with Crippen molar-refractivity contribution in [1.82, 2.24) is 4.90 Å². The van der Waals surface area contributed by atoms with E-state index in [9.17, 15) is 19.8 Å². The Kier molecular flexibility index (Phi) is 5.80. The molecule has 0 bridgehead atoms. The number of phenolic OH excluding ortho intramolecular Hbond substituents is 1. The molecule has 2 aromatic rings. The lowest BCUT2D eigenvalue weighted by molar-refractivity contribution is -0.140. The van der Waals surface area contributed by atoms with Crippen molar-refractivity contribution >= 4 is 17.4 Å². The van der Waals surface area contributed by atoms with Crippen LogP contribution >= 0.6 is 0 Å². The fraction of sp³-hybridized carbons (Fsp3) is 0.273. The summed E-state index contributed by atoms with van der Waals surface area (Å²) >= 11 is 0. The summed E-state index contributed by atoms with van der Waals surface area (Å²) in [7, 11) is 1.51. The van der Waals surface area contributed by atoms with E-state index < -0.39 is 17.7 Å². The van der Waals surface area contributed by atoms with Gasteiger partial charge < -0.3 is 19.8 Å². The van der Waals surface area contributed by atoms with Crippen LogP contribution in [0.4, 0.5) is 0 Å². The molecule has 1 aliphatic heterocycles. The number of carbonyl (C=O) groups is 2. The van der Waals surface area contributed by atoms with Crippen LogP contribution in [0.1, 0.15) is 29.7 Å². The minimum Gasteiger partial charge on any atom is -0.508 e. The number of ketones is 1. The number of aromatic hydroxyl groups is 1. The molecule has 1 aliphatic rings. The summed E-state index contributed by atoms with van der Waals surface area (Å²) in [5, 5.41) is 20.8. The smallest absolute Gasteiger partial charge is 0.295 e. The number of ether oxygens (including phenoxy) is 1. The van der Waals surface area contributed by atoms with E-state index in [1.807, 2.05) is 19.1 Å². The summed E-state index contributed by atoms with van der Waals surface area (Å²) < 4.78 is 5.07. The van der Waals surface area contributed by atoms with Crippen LogP contribution in [0, 0.1) is 0 Å². The number of nitrogens with zero attached hydrogens (tertiary/aromatic N) is 1. The van der Waals surface area contributed by atoms with Crippen molar-refractivity contribution in [2.75, 3.05) is 20.3 Å². The van der Waals surface area contributed by atoms with Gasteiger partial charge in [0.1, 0.15) is 11.5 Å². The van der Waals surface area contributed by atoms with Crippen LogP contribution in [-0.4, -0.2) is 47.1 Å². The fourth-order valence-electron chi connectivity index (χ4n) is 3.40. The Hall–Kier alpha value is -3.12. The van der Waals surface area contributed by atoms with Crippen molar-refractivity contribution in [3.8, 4) is 5.75 Å². The molecule has 1 unspecified atom stereocenters. The van der Waals surface area contributed by atoms with Crippen molar-refractivity contribution in [3.05, 3.63) is 70.8 Å². The molecule has 0 aromatic heterocycles. The Labute approximate surface area is 163 Å². The topological polar surface area (TPSA) is 87.1 Å². The summed E-state index contributed by atoms with van der Waals surface area (Å²) in [6.45, 7) is 2.46. The quantitative estimate of drug-likeness (QED) is 0.456. The highest BCUT2D eigenvalue weighted by atomic mass is 16.5. The number of aliphatic hydroxyl groups excluding tert-OH is 1. The van der Waals surface area contributed by atoms with Gasteiger partial charge in [0, 0.05) is 19.2 Å². The molecule has 3 rings (SSSR count). The monoisotopic (exact) mass is 381 g/mol. The molecule has 6 nitrogen and oxygen atoms in total. The molecular formula is C22H23NO5. The molecule has 0 radical (unpaired) electrons. The number of rotatable bonds is 6. The highest BCUT2D eigenvalue weighted by Gasteiger charge is 2.45. The number of hydrogen-bond acceptors (Lipinski definition) is 5. The first-order valence-electron chi connectivity index (χ1n) is 9.13. The van der Waals surface area contributed by atoms with Gasteiger partial charge in [-0.15, -0.1) is 0 Å². The van der Waals surface area contributed by atoms with Crippen molar-refractivity contribution < 1.29 is 24.5 Å². The van der Waals surface area contributed by atoms with E-state index >= 15 is 0 Å². The lowest BCUT2D eigenvalue weighted by Gasteiger charge is -2.25. The van der Waals surface area contributed by atoms with Gasteiger partial charge in [0.25, 0.3) is 11.7 Å². The van der Waals surface area contributed by atoms with Crippen molar-refractivity contribution in [2.45, 2.75) is 19.4 Å². The maximum atomic E-state index is 12.8. The number of likely N-dealkylation sites (tertiary alicyclic amines) is 1. The minimum absolute atomic E-state index is 0.0101. The molecule has 1 atom stereocenters. The van der Waals surface area contributed by atoms with Crippen LogP contribution in [0.5, 0.6) is 5.75 Å². The largest absolute Gasteiger partial charge is 0.508 e. The molecule has 2 aromatic carbocycles. The van der Waals surface area contributed by atoms with Gasteiger partial charge in [0.05, 0.1) is 18.2 Å². The molecule has 28 heavy (non-hydrogen) atoms. The Morgan fingerprint density at radius 3 is 2.46 bits per heavy atom. The first kappa shape index (κ1) is 19.6. The molecule has 0 aliphatic carbocycles. The number of aliphatic hydroxyl groups is 1. The zero-order valence-electron chi connectivity index (χ0n) is 15.9. The third-order valence-electron chi connectivity index (χ3n) is 4.90. The number of aryl methyl sites for hydroxylation is 1. The molecule has 6 heteroatoms. The van der Waals surface area contributed by atoms with E-state index in [1.165, 1.54) is 24.1 Å². The normalized spacial score (nSPS) is 18.6. The van der Waals surface area contributed by atoms with Gasteiger partial charge in [-0.3, -0.25) is 9.59 Å². The van der Waals surface area contributed by atoms with Crippen LogP contribution in [0.3, 0.4) is 0 Å². The molecule has 1 saturated heterocycles. The number of hydrogen-bond donors (Lipinski definition) is 2. The maximum absolute atomic E-state index is 12.8. The molecule has 0 spiro atoms. The average molecular weight is 381 g/mol. The first-order valence-corrected chi connectivity index (χ1v) is 9.13. The summed E-state index contributed by atoms with van der Waals surface area (Å²) in [5.41, 5.74) is 2.12. The van der Waals surface area contributed by atoms with E-state index in [2.05, 4.69) is 0 Å². The Morgan fingerprint density at radius 2 is 1.86 bits per heavy atom. The minimum atomic E-state index is -0.798. The molecule has 146 valence electrons. The van der Waals surface area contributed by atoms with Gasteiger partial charge in [0.15, 0.2) is 0 Å². The molecule has 1 amide bonds. The summed E-state index contributed by atoms with van der Waals surface area (Å²) in [5.74, 6) is -1.66. The van der Waals surface area contributed by atoms with E-state index in [0.29, 0.717) is 11.1 Å². The second kappa shape index (κ2) is 8.27. The van der Waals surface area contributed by atoms with E-state index in [0.717, 1.165) is 12.0 Å². The zero-order valence-corrected chi connectivity index (χ0v) is 15.9. The number of carbonyl (C=O) groups excluding carboxylic acids is 2. The fourth-order valence-corrected chi connectivity index (χ4v) is 3.40. The molecule has 1 fully saturated rings. The third-order valence-corrected chi connectivity index (χ3v) is 4.90. The zero-order chi connectivity index (χ0) is 20.3.